The van der Waals surface area contributed by atoms with E-state index in [-0.39, 0.29) is 11.9 Å². The predicted octanol–water partition coefficient (Wildman–Crippen LogP) is 1.68. The van der Waals surface area contributed by atoms with Crippen LogP contribution in [0.5, 0.6) is 0 Å². The summed E-state index contributed by atoms with van der Waals surface area (Å²) in [5.41, 5.74) is 7.94. The lowest BCUT2D eigenvalue weighted by Crippen LogP contribution is -2.32. The lowest BCUT2D eigenvalue weighted by molar-refractivity contribution is 0.0785. The zero-order chi connectivity index (χ0) is 15.1. The molecule has 22 heavy (non-hydrogen) atoms. The van der Waals surface area contributed by atoms with Crippen LogP contribution in [0.3, 0.4) is 0 Å². The van der Waals surface area contributed by atoms with Crippen molar-refractivity contribution in [3.8, 4) is 5.69 Å². The second-order valence-corrected chi connectivity index (χ2v) is 6.39. The maximum atomic E-state index is 12.6. The summed E-state index contributed by atoms with van der Waals surface area (Å²) in [6, 6.07) is 7.80. The maximum absolute atomic E-state index is 12.6. The molecule has 2 aliphatic rings. The van der Waals surface area contributed by atoms with Crippen LogP contribution < -0.4 is 5.73 Å². The molecule has 2 atom stereocenters. The lowest BCUT2D eigenvalue weighted by Gasteiger charge is -2.16. The molecule has 1 aliphatic heterocycles. The van der Waals surface area contributed by atoms with Crippen LogP contribution in [-0.4, -0.2) is 39.5 Å². The van der Waals surface area contributed by atoms with E-state index in [4.69, 9.17) is 5.73 Å². The van der Waals surface area contributed by atoms with Crippen molar-refractivity contribution >= 4 is 5.91 Å². The average Bonchev–Trinajstić information content (AvgIpc) is 3.09. The molecule has 5 heteroatoms. The van der Waals surface area contributed by atoms with E-state index in [9.17, 15) is 4.79 Å². The summed E-state index contributed by atoms with van der Waals surface area (Å²) in [6.07, 6.45) is 7.93. The smallest absolute Gasteiger partial charge is 0.253 e. The van der Waals surface area contributed by atoms with Crippen molar-refractivity contribution in [2.75, 3.05) is 13.1 Å². The number of imidazole rings is 1. The van der Waals surface area contributed by atoms with Gasteiger partial charge in [0, 0.05) is 42.8 Å². The maximum Gasteiger partial charge on any atom is 0.253 e. The molecule has 1 saturated carbocycles. The van der Waals surface area contributed by atoms with Crippen LogP contribution in [0.4, 0.5) is 0 Å². The minimum absolute atomic E-state index is 0.0933. The summed E-state index contributed by atoms with van der Waals surface area (Å²) < 4.78 is 1.92. The Morgan fingerprint density at radius 3 is 2.59 bits per heavy atom. The normalized spacial score (nSPS) is 24.7. The molecule has 5 nitrogen and oxygen atoms in total. The molecule has 2 heterocycles. The number of nitrogens with two attached hydrogens (primary N) is 1. The molecule has 1 aromatic carbocycles. The molecule has 2 fully saturated rings. The third-order valence-corrected chi connectivity index (χ3v) is 4.84. The van der Waals surface area contributed by atoms with Crippen LogP contribution >= 0.6 is 0 Å². The SMILES string of the molecule is NC1CN(C(=O)c2ccc(-n3ccnc3)cc2)CC1C1CC1. The van der Waals surface area contributed by atoms with E-state index in [1.54, 1.807) is 12.5 Å². The quantitative estimate of drug-likeness (QED) is 0.937. The fraction of sp³-hybridized carbons (Fsp3) is 0.412. The van der Waals surface area contributed by atoms with Crippen molar-refractivity contribution in [3.05, 3.63) is 48.5 Å². The van der Waals surface area contributed by atoms with Gasteiger partial charge in [0.05, 0.1) is 6.33 Å². The highest BCUT2D eigenvalue weighted by molar-refractivity contribution is 5.94. The molecule has 1 saturated heterocycles. The average molecular weight is 296 g/mol. The van der Waals surface area contributed by atoms with Gasteiger partial charge in [-0.05, 0) is 48.9 Å². The van der Waals surface area contributed by atoms with Crippen LogP contribution in [0, 0.1) is 11.8 Å². The predicted molar refractivity (Wildman–Crippen MR) is 83.7 cm³/mol. The van der Waals surface area contributed by atoms with Gasteiger partial charge in [0.15, 0.2) is 0 Å². The number of carbonyl (C=O) groups excluding carboxylic acids is 1. The minimum atomic E-state index is 0.0933. The number of hydrogen-bond donors (Lipinski definition) is 1. The molecule has 2 N–H and O–H groups in total. The summed E-state index contributed by atoms with van der Waals surface area (Å²) in [5.74, 6) is 1.33. The topological polar surface area (TPSA) is 64.2 Å². The van der Waals surface area contributed by atoms with Crippen molar-refractivity contribution in [1.29, 1.82) is 0 Å². The fourth-order valence-electron chi connectivity index (χ4n) is 3.41. The Hall–Kier alpha value is -2.14. The molecular formula is C17H20N4O. The Kier molecular flexibility index (Phi) is 3.22. The molecule has 1 amide bonds. The number of nitrogens with zero attached hydrogens (tertiary/aromatic N) is 3. The Morgan fingerprint density at radius 1 is 1.18 bits per heavy atom. The van der Waals surface area contributed by atoms with Gasteiger partial charge >= 0.3 is 0 Å². The molecule has 114 valence electrons. The largest absolute Gasteiger partial charge is 0.337 e. The Bertz CT molecular complexity index is 660. The standard InChI is InChI=1S/C17H20N4O/c18-16-10-21(9-15(16)12-1-2-12)17(22)13-3-5-14(6-4-13)20-8-7-19-11-20/h3-8,11-12,15-16H,1-2,9-10,18H2. The third-order valence-electron chi connectivity index (χ3n) is 4.84. The first-order valence-corrected chi connectivity index (χ1v) is 7.85. The molecule has 0 radical (unpaired) electrons. The van der Waals surface area contributed by atoms with Gasteiger partial charge in [0.25, 0.3) is 5.91 Å². The zero-order valence-electron chi connectivity index (χ0n) is 12.4. The molecule has 1 aromatic heterocycles. The van der Waals surface area contributed by atoms with Gasteiger partial charge in [-0.1, -0.05) is 0 Å². The van der Waals surface area contributed by atoms with Gasteiger partial charge in [0.2, 0.25) is 0 Å². The molecule has 4 rings (SSSR count). The highest BCUT2D eigenvalue weighted by Crippen LogP contribution is 2.41. The first-order valence-electron chi connectivity index (χ1n) is 7.85. The Labute approximate surface area is 129 Å². The van der Waals surface area contributed by atoms with Crippen LogP contribution in [0.1, 0.15) is 23.2 Å². The fourth-order valence-corrected chi connectivity index (χ4v) is 3.41. The van der Waals surface area contributed by atoms with E-state index >= 15 is 0 Å². The van der Waals surface area contributed by atoms with Crippen molar-refractivity contribution in [2.45, 2.75) is 18.9 Å². The molecule has 0 spiro atoms. The first-order chi connectivity index (χ1) is 10.7. The molecule has 1 aliphatic carbocycles. The summed E-state index contributed by atoms with van der Waals surface area (Å²) in [6.45, 7) is 1.50. The van der Waals surface area contributed by atoms with E-state index < -0.39 is 0 Å². The van der Waals surface area contributed by atoms with Crippen LogP contribution in [0.25, 0.3) is 5.69 Å². The van der Waals surface area contributed by atoms with Crippen molar-refractivity contribution in [2.24, 2.45) is 17.6 Å². The van der Waals surface area contributed by atoms with Gasteiger partial charge in [-0.3, -0.25) is 4.79 Å². The van der Waals surface area contributed by atoms with Gasteiger partial charge in [-0.2, -0.15) is 0 Å². The molecular weight excluding hydrogens is 276 g/mol. The Morgan fingerprint density at radius 2 is 1.95 bits per heavy atom. The zero-order valence-corrected chi connectivity index (χ0v) is 12.4. The number of likely N-dealkylation sites (tertiary alicyclic amines) is 1. The van der Waals surface area contributed by atoms with E-state index in [1.807, 2.05) is 39.9 Å². The van der Waals surface area contributed by atoms with E-state index in [0.29, 0.717) is 12.5 Å². The monoisotopic (exact) mass is 296 g/mol. The number of amides is 1. The number of aromatic nitrogens is 2. The van der Waals surface area contributed by atoms with Gasteiger partial charge in [-0.15, -0.1) is 0 Å². The Balaban J connectivity index is 1.48. The summed E-state index contributed by atoms with van der Waals surface area (Å²) in [5, 5.41) is 0. The van der Waals surface area contributed by atoms with Crippen molar-refractivity contribution in [3.63, 3.8) is 0 Å². The van der Waals surface area contributed by atoms with Crippen LogP contribution in [0.2, 0.25) is 0 Å². The summed E-state index contributed by atoms with van der Waals surface area (Å²) in [7, 11) is 0. The third kappa shape index (κ3) is 2.41. The molecule has 2 unspecified atom stereocenters. The molecule has 2 aromatic rings. The van der Waals surface area contributed by atoms with Crippen LogP contribution in [-0.2, 0) is 0 Å². The van der Waals surface area contributed by atoms with E-state index in [1.165, 1.54) is 12.8 Å². The first kappa shape index (κ1) is 13.5. The van der Waals surface area contributed by atoms with E-state index in [0.717, 1.165) is 23.7 Å². The number of rotatable bonds is 3. The molecule has 0 bridgehead atoms. The summed E-state index contributed by atoms with van der Waals surface area (Å²) >= 11 is 0. The number of carbonyl (C=O) groups is 1. The van der Waals surface area contributed by atoms with E-state index in [2.05, 4.69) is 4.98 Å². The van der Waals surface area contributed by atoms with Gasteiger partial charge < -0.3 is 15.2 Å². The van der Waals surface area contributed by atoms with Crippen LogP contribution in [0.15, 0.2) is 43.0 Å². The number of hydrogen-bond acceptors (Lipinski definition) is 3. The van der Waals surface area contributed by atoms with Crippen molar-refractivity contribution < 1.29 is 4.79 Å². The van der Waals surface area contributed by atoms with Gasteiger partial charge in [-0.25, -0.2) is 4.98 Å². The highest BCUT2D eigenvalue weighted by Gasteiger charge is 2.42. The lowest BCUT2D eigenvalue weighted by atomic mass is 9.99. The van der Waals surface area contributed by atoms with Crippen molar-refractivity contribution in [1.82, 2.24) is 14.5 Å². The minimum Gasteiger partial charge on any atom is -0.337 e. The second kappa shape index (κ2) is 5.25. The second-order valence-electron chi connectivity index (χ2n) is 6.39. The summed E-state index contributed by atoms with van der Waals surface area (Å²) in [4.78, 5) is 18.6. The highest BCUT2D eigenvalue weighted by atomic mass is 16.2. The van der Waals surface area contributed by atoms with Gasteiger partial charge in [0.1, 0.15) is 0 Å². The number of benzene rings is 1.